The molecule has 2 heterocycles. The fraction of sp³-hybridized carbons (Fsp3) is 0.611. The quantitative estimate of drug-likeness (QED) is 0.781. The molecule has 138 valence electrons. The molecule has 1 saturated heterocycles. The SMILES string of the molecule is COC(=O)c1ccc(N(C)C2CCN(C(=O)OC(C)(C)C)CC2)nc1. The Morgan fingerprint density at radius 3 is 2.36 bits per heavy atom. The maximum Gasteiger partial charge on any atom is 0.410 e. The molecule has 1 aromatic rings. The van der Waals surface area contributed by atoms with E-state index < -0.39 is 11.6 Å². The number of ether oxygens (including phenoxy) is 2. The second kappa shape index (κ2) is 7.72. The highest BCUT2D eigenvalue weighted by Crippen LogP contribution is 2.22. The van der Waals surface area contributed by atoms with Crippen molar-refractivity contribution in [3.8, 4) is 0 Å². The van der Waals surface area contributed by atoms with Gasteiger partial charge < -0.3 is 19.3 Å². The lowest BCUT2D eigenvalue weighted by Gasteiger charge is -2.37. The summed E-state index contributed by atoms with van der Waals surface area (Å²) < 4.78 is 10.1. The van der Waals surface area contributed by atoms with Crippen molar-refractivity contribution in [2.45, 2.75) is 45.3 Å². The Hall–Kier alpha value is -2.31. The summed E-state index contributed by atoms with van der Waals surface area (Å²) in [5.74, 6) is 0.399. The van der Waals surface area contributed by atoms with E-state index in [2.05, 4.69) is 14.6 Å². The Morgan fingerprint density at radius 1 is 1.24 bits per heavy atom. The number of likely N-dealkylation sites (tertiary alicyclic amines) is 1. The van der Waals surface area contributed by atoms with Crippen LogP contribution in [0.3, 0.4) is 0 Å². The topological polar surface area (TPSA) is 72.0 Å². The van der Waals surface area contributed by atoms with Crippen LogP contribution in [0.1, 0.15) is 44.0 Å². The average Bonchev–Trinajstić information content (AvgIpc) is 2.59. The van der Waals surface area contributed by atoms with E-state index >= 15 is 0 Å². The standard InChI is InChI=1S/C18H27N3O4/c1-18(2,3)25-17(23)21-10-8-14(9-11-21)20(4)15-7-6-13(12-19-15)16(22)24-5/h6-7,12,14H,8-11H2,1-5H3. The highest BCUT2D eigenvalue weighted by molar-refractivity contribution is 5.89. The first-order chi connectivity index (χ1) is 11.7. The van der Waals surface area contributed by atoms with E-state index in [0.29, 0.717) is 18.7 Å². The first kappa shape index (κ1) is 19.0. The number of carbonyl (C=O) groups is 2. The largest absolute Gasteiger partial charge is 0.465 e. The molecule has 1 amide bonds. The Balaban J connectivity index is 1.91. The number of pyridine rings is 1. The summed E-state index contributed by atoms with van der Waals surface area (Å²) in [6, 6.07) is 3.81. The first-order valence-electron chi connectivity index (χ1n) is 8.46. The van der Waals surface area contributed by atoms with Crippen LogP contribution in [-0.2, 0) is 9.47 Å². The van der Waals surface area contributed by atoms with Crippen LogP contribution < -0.4 is 4.90 Å². The number of anilines is 1. The third-order valence-electron chi connectivity index (χ3n) is 4.19. The van der Waals surface area contributed by atoms with Crippen LogP contribution >= 0.6 is 0 Å². The van der Waals surface area contributed by atoms with Crippen LogP contribution in [0.25, 0.3) is 0 Å². The van der Waals surface area contributed by atoms with E-state index in [1.165, 1.54) is 13.3 Å². The second-order valence-electron chi connectivity index (χ2n) is 7.21. The van der Waals surface area contributed by atoms with Crippen molar-refractivity contribution in [2.75, 3.05) is 32.1 Å². The number of esters is 1. The van der Waals surface area contributed by atoms with E-state index in [1.807, 2.05) is 33.9 Å². The summed E-state index contributed by atoms with van der Waals surface area (Å²) in [6.07, 6.45) is 2.95. The number of hydrogen-bond donors (Lipinski definition) is 0. The maximum absolute atomic E-state index is 12.1. The summed E-state index contributed by atoms with van der Waals surface area (Å²) in [6.45, 7) is 6.92. The summed E-state index contributed by atoms with van der Waals surface area (Å²) >= 11 is 0. The van der Waals surface area contributed by atoms with Gasteiger partial charge in [0.05, 0.1) is 12.7 Å². The van der Waals surface area contributed by atoms with Crippen LogP contribution in [0.5, 0.6) is 0 Å². The van der Waals surface area contributed by atoms with Gasteiger partial charge in [-0.25, -0.2) is 14.6 Å². The van der Waals surface area contributed by atoms with Crippen LogP contribution in [0.15, 0.2) is 18.3 Å². The van der Waals surface area contributed by atoms with Crippen molar-refractivity contribution >= 4 is 17.9 Å². The molecule has 25 heavy (non-hydrogen) atoms. The van der Waals surface area contributed by atoms with Gasteiger partial charge in [-0.2, -0.15) is 0 Å². The molecule has 0 spiro atoms. The zero-order valence-corrected chi connectivity index (χ0v) is 15.6. The number of piperidine rings is 1. The minimum absolute atomic E-state index is 0.255. The monoisotopic (exact) mass is 349 g/mol. The Morgan fingerprint density at radius 2 is 1.88 bits per heavy atom. The lowest BCUT2D eigenvalue weighted by atomic mass is 10.0. The summed E-state index contributed by atoms with van der Waals surface area (Å²) in [5, 5.41) is 0. The van der Waals surface area contributed by atoms with Crippen LogP contribution in [0.2, 0.25) is 0 Å². The minimum Gasteiger partial charge on any atom is -0.465 e. The molecular weight excluding hydrogens is 322 g/mol. The van der Waals surface area contributed by atoms with Crippen molar-refractivity contribution in [1.29, 1.82) is 0 Å². The summed E-state index contributed by atoms with van der Waals surface area (Å²) in [4.78, 5) is 31.8. The number of carbonyl (C=O) groups excluding carboxylic acids is 2. The molecule has 0 unspecified atom stereocenters. The Labute approximate surface area is 148 Å². The van der Waals surface area contributed by atoms with Gasteiger partial charge in [-0.3, -0.25) is 0 Å². The van der Waals surface area contributed by atoms with Crippen molar-refractivity contribution in [3.63, 3.8) is 0 Å². The molecule has 0 radical (unpaired) electrons. The van der Waals surface area contributed by atoms with Gasteiger partial charge in [-0.15, -0.1) is 0 Å². The molecule has 0 aromatic carbocycles. The molecule has 0 atom stereocenters. The second-order valence-corrected chi connectivity index (χ2v) is 7.21. The molecule has 0 saturated carbocycles. The van der Waals surface area contributed by atoms with Crippen LogP contribution in [-0.4, -0.2) is 60.8 Å². The van der Waals surface area contributed by atoms with Gasteiger partial charge in [0.1, 0.15) is 11.4 Å². The van der Waals surface area contributed by atoms with Gasteiger partial charge >= 0.3 is 12.1 Å². The Kier molecular flexibility index (Phi) is 5.87. The third kappa shape index (κ3) is 5.08. The molecule has 1 fully saturated rings. The highest BCUT2D eigenvalue weighted by Gasteiger charge is 2.28. The molecule has 0 bridgehead atoms. The number of aromatic nitrogens is 1. The molecule has 1 aliphatic rings. The minimum atomic E-state index is -0.476. The molecular formula is C18H27N3O4. The van der Waals surface area contributed by atoms with Gasteiger partial charge in [-0.05, 0) is 45.7 Å². The van der Waals surface area contributed by atoms with E-state index in [0.717, 1.165) is 18.7 Å². The fourth-order valence-electron chi connectivity index (χ4n) is 2.78. The van der Waals surface area contributed by atoms with Crippen LogP contribution in [0, 0.1) is 0 Å². The normalized spacial score (nSPS) is 15.6. The molecule has 7 nitrogen and oxygen atoms in total. The fourth-order valence-corrected chi connectivity index (χ4v) is 2.78. The molecule has 0 N–H and O–H groups in total. The van der Waals surface area contributed by atoms with Crippen molar-refractivity contribution in [2.24, 2.45) is 0 Å². The molecule has 1 aromatic heterocycles. The van der Waals surface area contributed by atoms with E-state index in [4.69, 9.17) is 4.74 Å². The zero-order chi connectivity index (χ0) is 18.6. The lowest BCUT2D eigenvalue weighted by Crippen LogP contribution is -2.47. The summed E-state index contributed by atoms with van der Waals surface area (Å²) in [7, 11) is 3.33. The lowest BCUT2D eigenvalue weighted by molar-refractivity contribution is 0.0205. The van der Waals surface area contributed by atoms with Gasteiger partial charge in [0.2, 0.25) is 0 Å². The van der Waals surface area contributed by atoms with Gasteiger partial charge in [0, 0.05) is 32.4 Å². The highest BCUT2D eigenvalue weighted by atomic mass is 16.6. The predicted molar refractivity (Wildman–Crippen MR) is 94.8 cm³/mol. The first-order valence-corrected chi connectivity index (χ1v) is 8.46. The van der Waals surface area contributed by atoms with Crippen molar-refractivity contribution in [3.05, 3.63) is 23.9 Å². The zero-order valence-electron chi connectivity index (χ0n) is 15.6. The molecule has 0 aliphatic carbocycles. The Bertz CT molecular complexity index is 602. The van der Waals surface area contributed by atoms with Gasteiger partial charge in [-0.1, -0.05) is 0 Å². The van der Waals surface area contributed by atoms with Crippen molar-refractivity contribution < 1.29 is 19.1 Å². The molecule has 2 rings (SSSR count). The van der Waals surface area contributed by atoms with Gasteiger partial charge in [0.15, 0.2) is 0 Å². The number of amides is 1. The van der Waals surface area contributed by atoms with Crippen molar-refractivity contribution in [1.82, 2.24) is 9.88 Å². The summed E-state index contributed by atoms with van der Waals surface area (Å²) in [5.41, 5.74) is -0.0462. The molecule has 7 heteroatoms. The number of nitrogens with zero attached hydrogens (tertiary/aromatic N) is 3. The smallest absolute Gasteiger partial charge is 0.410 e. The number of hydrogen-bond acceptors (Lipinski definition) is 6. The number of methoxy groups -OCH3 is 1. The van der Waals surface area contributed by atoms with Crippen LogP contribution in [0.4, 0.5) is 10.6 Å². The van der Waals surface area contributed by atoms with E-state index in [1.54, 1.807) is 11.0 Å². The van der Waals surface area contributed by atoms with Gasteiger partial charge in [0.25, 0.3) is 0 Å². The third-order valence-corrected chi connectivity index (χ3v) is 4.19. The maximum atomic E-state index is 12.1. The van der Waals surface area contributed by atoms with E-state index in [9.17, 15) is 9.59 Å². The molecule has 1 aliphatic heterocycles. The number of rotatable bonds is 3. The van der Waals surface area contributed by atoms with E-state index in [-0.39, 0.29) is 12.1 Å². The average molecular weight is 349 g/mol. The predicted octanol–water partition coefficient (Wildman–Crippen LogP) is 2.70.